The van der Waals surface area contributed by atoms with Gasteiger partial charge in [-0.3, -0.25) is 0 Å². The Morgan fingerprint density at radius 1 is 1.29 bits per heavy atom. The van der Waals surface area contributed by atoms with Crippen molar-refractivity contribution < 1.29 is 9.90 Å². The molecule has 1 N–H and O–H groups in total. The minimum atomic E-state index is -0.954. The molecule has 3 rings (SSSR count). The van der Waals surface area contributed by atoms with Crippen molar-refractivity contribution >= 4 is 17.6 Å². The van der Waals surface area contributed by atoms with Gasteiger partial charge in [0.2, 0.25) is 0 Å². The van der Waals surface area contributed by atoms with Gasteiger partial charge >= 0.3 is 5.97 Å². The summed E-state index contributed by atoms with van der Waals surface area (Å²) < 4.78 is 1.76. The number of carboxylic acid groups (broad SMARTS) is 1. The number of hydrogen-bond acceptors (Lipinski definition) is 2. The zero-order chi connectivity index (χ0) is 15.0. The first-order chi connectivity index (χ1) is 10.1. The van der Waals surface area contributed by atoms with E-state index in [2.05, 4.69) is 5.10 Å². The molecule has 1 aromatic heterocycles. The van der Waals surface area contributed by atoms with Crippen LogP contribution in [0.1, 0.15) is 46.6 Å². The minimum Gasteiger partial charge on any atom is -0.476 e. The van der Waals surface area contributed by atoms with Crippen LogP contribution < -0.4 is 0 Å². The highest BCUT2D eigenvalue weighted by Crippen LogP contribution is 2.28. The predicted octanol–water partition coefficient (Wildman–Crippen LogP) is 3.80. The van der Waals surface area contributed by atoms with Crippen LogP contribution in [0.5, 0.6) is 0 Å². The largest absolute Gasteiger partial charge is 0.476 e. The van der Waals surface area contributed by atoms with E-state index in [1.165, 1.54) is 0 Å². The van der Waals surface area contributed by atoms with E-state index in [9.17, 15) is 9.90 Å². The normalized spacial score (nSPS) is 14.6. The highest BCUT2D eigenvalue weighted by molar-refractivity contribution is 6.31. The number of aromatic carboxylic acids is 1. The SMILES string of the molecule is Cc1ccc(-n2nc(C(=O)O)c3c2CCCCC3)cc1Cl. The van der Waals surface area contributed by atoms with Crippen LogP contribution in [-0.2, 0) is 12.8 Å². The van der Waals surface area contributed by atoms with Gasteiger partial charge in [-0.15, -0.1) is 0 Å². The van der Waals surface area contributed by atoms with Crippen LogP contribution in [0.15, 0.2) is 18.2 Å². The Kier molecular flexibility index (Phi) is 3.72. The molecule has 1 aliphatic rings. The first-order valence-corrected chi connectivity index (χ1v) is 7.56. The third kappa shape index (κ3) is 2.56. The zero-order valence-corrected chi connectivity index (χ0v) is 12.7. The topological polar surface area (TPSA) is 55.1 Å². The van der Waals surface area contributed by atoms with Gasteiger partial charge in [0, 0.05) is 16.3 Å². The van der Waals surface area contributed by atoms with Gasteiger partial charge in [0.1, 0.15) is 0 Å². The molecule has 2 aromatic rings. The Morgan fingerprint density at radius 3 is 2.76 bits per heavy atom. The van der Waals surface area contributed by atoms with Crippen molar-refractivity contribution in [2.75, 3.05) is 0 Å². The van der Waals surface area contributed by atoms with E-state index in [0.29, 0.717) is 5.02 Å². The van der Waals surface area contributed by atoms with Crippen molar-refractivity contribution in [3.63, 3.8) is 0 Å². The van der Waals surface area contributed by atoms with Gasteiger partial charge in [-0.05, 0) is 50.3 Å². The van der Waals surface area contributed by atoms with Crippen LogP contribution in [0.2, 0.25) is 5.02 Å². The van der Waals surface area contributed by atoms with E-state index in [-0.39, 0.29) is 5.69 Å². The van der Waals surface area contributed by atoms with Crippen LogP contribution in [0.25, 0.3) is 5.69 Å². The maximum Gasteiger partial charge on any atom is 0.356 e. The molecule has 4 nitrogen and oxygen atoms in total. The number of aromatic nitrogens is 2. The molecule has 110 valence electrons. The quantitative estimate of drug-likeness (QED) is 0.859. The Balaban J connectivity index is 2.17. The Bertz CT molecular complexity index is 707. The van der Waals surface area contributed by atoms with Gasteiger partial charge < -0.3 is 5.11 Å². The average molecular weight is 305 g/mol. The molecule has 1 aromatic carbocycles. The van der Waals surface area contributed by atoms with Gasteiger partial charge in [-0.2, -0.15) is 5.10 Å². The molecule has 1 aliphatic carbocycles. The number of benzene rings is 1. The van der Waals surface area contributed by atoms with Crippen LogP contribution in [0, 0.1) is 6.92 Å². The molecule has 0 radical (unpaired) electrons. The smallest absolute Gasteiger partial charge is 0.356 e. The molecule has 0 saturated carbocycles. The average Bonchev–Trinajstić information content (AvgIpc) is 2.65. The summed E-state index contributed by atoms with van der Waals surface area (Å²) in [5.74, 6) is -0.954. The van der Waals surface area contributed by atoms with Crippen molar-refractivity contribution in [3.8, 4) is 5.69 Å². The summed E-state index contributed by atoms with van der Waals surface area (Å²) in [6.07, 6.45) is 4.87. The molecule has 1 heterocycles. The maximum atomic E-state index is 11.4. The molecule has 0 spiro atoms. The molecule has 0 amide bonds. The van der Waals surface area contributed by atoms with E-state index < -0.39 is 5.97 Å². The molecular weight excluding hydrogens is 288 g/mol. The van der Waals surface area contributed by atoms with Gasteiger partial charge in [0.15, 0.2) is 5.69 Å². The van der Waals surface area contributed by atoms with Crippen LogP contribution in [-0.4, -0.2) is 20.9 Å². The summed E-state index contributed by atoms with van der Waals surface area (Å²) in [6, 6.07) is 5.72. The van der Waals surface area contributed by atoms with Crippen molar-refractivity contribution in [3.05, 3.63) is 45.7 Å². The van der Waals surface area contributed by atoms with Crippen molar-refractivity contribution in [1.82, 2.24) is 9.78 Å². The lowest BCUT2D eigenvalue weighted by Gasteiger charge is -2.09. The van der Waals surface area contributed by atoms with E-state index in [1.807, 2.05) is 25.1 Å². The van der Waals surface area contributed by atoms with E-state index in [4.69, 9.17) is 11.6 Å². The minimum absolute atomic E-state index is 0.184. The molecule has 5 heteroatoms. The molecular formula is C16H17ClN2O2. The Hall–Kier alpha value is -1.81. The summed E-state index contributed by atoms with van der Waals surface area (Å²) in [7, 11) is 0. The third-order valence-electron chi connectivity index (χ3n) is 4.03. The molecule has 0 aliphatic heterocycles. The highest BCUT2D eigenvalue weighted by Gasteiger charge is 2.24. The number of aryl methyl sites for hydroxylation is 1. The van der Waals surface area contributed by atoms with E-state index >= 15 is 0 Å². The molecule has 0 unspecified atom stereocenters. The van der Waals surface area contributed by atoms with Gasteiger partial charge in [-0.25, -0.2) is 9.48 Å². The lowest BCUT2D eigenvalue weighted by molar-refractivity contribution is 0.0688. The monoisotopic (exact) mass is 304 g/mol. The molecule has 0 saturated heterocycles. The number of nitrogens with zero attached hydrogens (tertiary/aromatic N) is 2. The van der Waals surface area contributed by atoms with Crippen LogP contribution in [0.4, 0.5) is 0 Å². The first kappa shape index (κ1) is 14.1. The van der Waals surface area contributed by atoms with Gasteiger partial charge in [-0.1, -0.05) is 24.1 Å². The molecule has 0 bridgehead atoms. The van der Waals surface area contributed by atoms with Crippen molar-refractivity contribution in [1.29, 1.82) is 0 Å². The summed E-state index contributed by atoms with van der Waals surface area (Å²) in [4.78, 5) is 11.4. The first-order valence-electron chi connectivity index (χ1n) is 7.18. The number of carbonyl (C=O) groups is 1. The third-order valence-corrected chi connectivity index (χ3v) is 4.44. The molecule has 21 heavy (non-hydrogen) atoms. The fraction of sp³-hybridized carbons (Fsp3) is 0.375. The second kappa shape index (κ2) is 5.53. The second-order valence-corrected chi connectivity index (χ2v) is 5.89. The van der Waals surface area contributed by atoms with Gasteiger partial charge in [0.05, 0.1) is 5.69 Å². The number of carboxylic acids is 1. The summed E-state index contributed by atoms with van der Waals surface area (Å²) in [5, 5.41) is 14.4. The fourth-order valence-corrected chi connectivity index (χ4v) is 3.05. The Morgan fingerprint density at radius 2 is 2.05 bits per heavy atom. The number of fused-ring (bicyclic) bond motifs is 1. The fourth-order valence-electron chi connectivity index (χ4n) is 2.87. The zero-order valence-electron chi connectivity index (χ0n) is 11.9. The summed E-state index contributed by atoms with van der Waals surface area (Å²) in [5.41, 5.74) is 3.92. The van der Waals surface area contributed by atoms with Gasteiger partial charge in [0.25, 0.3) is 0 Å². The molecule has 0 atom stereocenters. The lowest BCUT2D eigenvalue weighted by Crippen LogP contribution is -2.04. The Labute approximate surface area is 128 Å². The van der Waals surface area contributed by atoms with E-state index in [1.54, 1.807) is 4.68 Å². The second-order valence-electron chi connectivity index (χ2n) is 5.48. The number of hydrogen-bond donors (Lipinski definition) is 1. The standard InChI is InChI=1S/C16H17ClN2O2/c1-10-7-8-11(9-13(10)17)19-14-6-4-2-3-5-12(14)15(18-19)16(20)21/h7-9H,2-6H2,1H3,(H,20,21). The number of rotatable bonds is 2. The maximum absolute atomic E-state index is 11.4. The highest BCUT2D eigenvalue weighted by atomic mass is 35.5. The predicted molar refractivity (Wildman–Crippen MR) is 81.5 cm³/mol. The van der Waals surface area contributed by atoms with E-state index in [0.717, 1.165) is 54.6 Å². The summed E-state index contributed by atoms with van der Waals surface area (Å²) in [6.45, 7) is 1.94. The lowest BCUT2D eigenvalue weighted by atomic mass is 10.1. The van der Waals surface area contributed by atoms with Crippen LogP contribution >= 0.6 is 11.6 Å². The molecule has 0 fully saturated rings. The number of halogens is 1. The van der Waals surface area contributed by atoms with Crippen LogP contribution in [0.3, 0.4) is 0 Å². The summed E-state index contributed by atoms with van der Waals surface area (Å²) >= 11 is 6.19. The van der Waals surface area contributed by atoms with Crippen molar-refractivity contribution in [2.24, 2.45) is 0 Å². The van der Waals surface area contributed by atoms with Crippen molar-refractivity contribution in [2.45, 2.75) is 39.0 Å².